The topological polar surface area (TPSA) is 19.4 Å². The summed E-state index contributed by atoms with van der Waals surface area (Å²) in [6, 6.07) is 59.7. The van der Waals surface area contributed by atoms with Crippen molar-refractivity contribution in [1.29, 1.82) is 0 Å². The Morgan fingerprint density at radius 2 is 0.539 bits per heavy atom. The van der Waals surface area contributed by atoms with Gasteiger partial charge < -0.3 is 0 Å². The van der Waals surface area contributed by atoms with Crippen LogP contribution >= 0.6 is 0 Å². The van der Waals surface area contributed by atoms with Gasteiger partial charge in [0.2, 0.25) is 28.5 Å². The minimum atomic E-state index is -2.14. The van der Waals surface area contributed by atoms with E-state index >= 15 is 0 Å². The van der Waals surface area contributed by atoms with Crippen LogP contribution in [-0.2, 0) is 35.2 Å². The quantitative estimate of drug-likeness (QED) is 0.153. The number of hydrogen-bond donors (Lipinski definition) is 0. The Morgan fingerprint density at radius 1 is 0.250 bits per heavy atom. The summed E-state index contributed by atoms with van der Waals surface area (Å²) in [7, 11) is 10.1. The molecule has 0 atom stereocenters. The first-order valence-electron chi connectivity index (χ1n) is 28.9. The fourth-order valence-electron chi connectivity index (χ4n) is 9.42. The van der Waals surface area contributed by atoms with Gasteiger partial charge >= 0.3 is 0 Å². The van der Waals surface area contributed by atoms with Crippen molar-refractivity contribution in [2.75, 3.05) is 0 Å². The molecule has 76 heavy (non-hydrogen) atoms. The van der Waals surface area contributed by atoms with E-state index in [1.165, 1.54) is 89.5 Å². The molecule has 5 heterocycles. The van der Waals surface area contributed by atoms with Crippen molar-refractivity contribution < 1.29 is 31.1 Å². The molecule has 386 valence electrons. The number of aromatic nitrogens is 5. The van der Waals surface area contributed by atoms with Gasteiger partial charge in [-0.1, -0.05) is 89.5 Å². The van der Waals surface area contributed by atoms with Crippen molar-refractivity contribution in [3.05, 3.63) is 268 Å². The van der Waals surface area contributed by atoms with Crippen LogP contribution in [0.3, 0.4) is 0 Å². The lowest BCUT2D eigenvalue weighted by Gasteiger charge is -2.05. The third-order valence-corrected chi connectivity index (χ3v) is 13.5. The molecule has 0 fully saturated rings. The van der Waals surface area contributed by atoms with Gasteiger partial charge in [0.25, 0.3) is 0 Å². The van der Waals surface area contributed by atoms with Gasteiger partial charge in [0, 0.05) is 95.2 Å². The van der Waals surface area contributed by atoms with Gasteiger partial charge in [-0.2, -0.15) is 0 Å². The van der Waals surface area contributed by atoms with Gasteiger partial charge in [0.15, 0.2) is 31.0 Å². The van der Waals surface area contributed by atoms with E-state index in [0.29, 0.717) is 5.56 Å². The normalized spacial score (nSPS) is 11.9. The number of nitrogens with zero attached hydrogens (tertiary/aromatic N) is 5. The Hall–Kier alpha value is -8.15. The first kappa shape index (κ1) is 48.8. The lowest BCUT2D eigenvalue weighted by molar-refractivity contribution is -0.660. The Bertz CT molecular complexity index is 3560. The van der Waals surface area contributed by atoms with E-state index in [2.05, 4.69) is 260 Å². The van der Waals surface area contributed by atoms with E-state index in [0.717, 1.165) is 16.8 Å². The lowest BCUT2D eigenvalue weighted by atomic mass is 10.0. The van der Waals surface area contributed by atoms with Crippen molar-refractivity contribution >= 4 is 0 Å². The second-order valence-electron chi connectivity index (χ2n) is 20.0. The fourth-order valence-corrected chi connectivity index (χ4v) is 9.42. The highest BCUT2D eigenvalue weighted by Crippen LogP contribution is 2.25. The number of rotatable bonds is 5. The van der Waals surface area contributed by atoms with Gasteiger partial charge in [0.05, 0.1) is 0 Å². The molecule has 0 aliphatic heterocycles. The van der Waals surface area contributed by atoms with E-state index in [1.807, 2.05) is 19.1 Å². The van der Waals surface area contributed by atoms with E-state index in [-0.39, 0.29) is 5.56 Å². The van der Waals surface area contributed by atoms with Crippen molar-refractivity contribution in [2.24, 2.45) is 35.2 Å². The maximum atomic E-state index is 7.45. The molecule has 0 aliphatic rings. The smallest absolute Gasteiger partial charge is 0.201 e. The monoisotopic (exact) mass is 1010 g/mol. The van der Waals surface area contributed by atoms with Gasteiger partial charge in [-0.3, -0.25) is 0 Å². The van der Waals surface area contributed by atoms with Gasteiger partial charge in [-0.25, -0.2) is 22.8 Å². The van der Waals surface area contributed by atoms with Crippen LogP contribution in [0.5, 0.6) is 0 Å². The largest absolute Gasteiger partial charge is 0.212 e. The Balaban J connectivity index is 0.000000166. The zero-order valence-corrected chi connectivity index (χ0v) is 47.4. The van der Waals surface area contributed by atoms with Crippen LogP contribution in [0.2, 0.25) is 0 Å². The molecule has 5 nitrogen and oxygen atoms in total. The molecule has 0 saturated carbocycles. The van der Waals surface area contributed by atoms with Crippen LogP contribution < -0.4 is 22.8 Å². The average Bonchev–Trinajstić information content (AvgIpc) is 3.41. The Morgan fingerprint density at radius 3 is 0.882 bits per heavy atom. The second kappa shape index (κ2) is 26.9. The summed E-state index contributed by atoms with van der Waals surface area (Å²) in [4.78, 5) is 0. The summed E-state index contributed by atoms with van der Waals surface area (Å²) in [6.45, 7) is 14.7. The SMILES string of the molecule is Cc1ccc(-c2ccc(C)c[n+]2C)c(C)c1.Cc1ccc(-c2cccc[n+]2C)c(C)c1.Cc1ccc(-c2ccccc2C)[n+](C)c1.Cc1ccccc1-c1cccc[n+]1C.[2H]C([2H])([2H])c1ccc(-c2ccc(C([2H])([2H])[2H])c[n+]2C)c(C)c1. The lowest BCUT2D eigenvalue weighted by Crippen LogP contribution is -2.31. The number of pyridine rings is 5. The molecule has 5 heteroatoms. The number of benzene rings is 5. The Labute approximate surface area is 464 Å². The molecule has 0 saturated heterocycles. The molecule has 10 aromatic rings. The van der Waals surface area contributed by atoms with Crippen LogP contribution in [0.1, 0.15) is 69.4 Å². The molecule has 0 aliphatic carbocycles. The molecule has 0 unspecified atom stereocenters. The summed E-state index contributed by atoms with van der Waals surface area (Å²) in [6.07, 6.45) is 10.0. The molecule has 0 bridgehead atoms. The summed E-state index contributed by atoms with van der Waals surface area (Å²) < 4.78 is 55.1. The summed E-state index contributed by atoms with van der Waals surface area (Å²) >= 11 is 0. The standard InChI is InChI=1S/2C15H18N.2C14H16N.C13H14N/c2*1-11-5-7-14(13(3)9-11)15-8-6-12(2)10-16(15)4;1-11-7-8-13(12(2)10-11)14-6-4-5-9-15(14)3;1-11-8-9-14(15(3)10-11)13-7-5-4-6-12(13)2;1-11-7-3-4-8-12(11)13-9-5-6-10-14(13)2/h2*5-10H,1-4H3;2*4-10H,1-3H3;3-10H,1-2H3/q5*+1/i1D3,2D3;;;;. The van der Waals surface area contributed by atoms with E-state index < -0.39 is 13.7 Å². The molecular weight excluding hydrogens is 923 g/mol. The summed E-state index contributed by atoms with van der Waals surface area (Å²) in [5.41, 5.74) is 23.9. The van der Waals surface area contributed by atoms with Gasteiger partial charge in [0.1, 0.15) is 35.2 Å². The first-order valence-corrected chi connectivity index (χ1v) is 25.9. The summed E-state index contributed by atoms with van der Waals surface area (Å²) in [5.74, 6) is 0. The van der Waals surface area contributed by atoms with Crippen LogP contribution in [0.15, 0.2) is 207 Å². The molecule has 0 N–H and O–H groups in total. The van der Waals surface area contributed by atoms with Crippen molar-refractivity contribution in [3.63, 3.8) is 0 Å². The molecule has 0 radical (unpaired) electrons. The molecular formula is C71H82N5+5. The van der Waals surface area contributed by atoms with E-state index in [9.17, 15) is 0 Å². The van der Waals surface area contributed by atoms with Gasteiger partial charge in [-0.15, -0.1) is 0 Å². The zero-order valence-electron chi connectivity index (χ0n) is 53.4. The third kappa shape index (κ3) is 15.5. The van der Waals surface area contributed by atoms with Crippen molar-refractivity contribution in [3.8, 4) is 56.3 Å². The van der Waals surface area contributed by atoms with Crippen LogP contribution in [0.4, 0.5) is 0 Å². The second-order valence-corrected chi connectivity index (χ2v) is 20.0. The molecule has 10 rings (SSSR count). The predicted octanol–water partition coefficient (Wildman–Crippen LogP) is 14.3. The van der Waals surface area contributed by atoms with Crippen LogP contribution in [0, 0.1) is 76.0 Å². The van der Waals surface area contributed by atoms with Gasteiger partial charge in [-0.05, 0) is 164 Å². The molecule has 5 aromatic carbocycles. The average molecular weight is 1010 g/mol. The third-order valence-electron chi connectivity index (χ3n) is 13.5. The molecule has 0 spiro atoms. The van der Waals surface area contributed by atoms with E-state index in [4.69, 9.17) is 8.22 Å². The zero-order chi connectivity index (χ0) is 60.1. The highest BCUT2D eigenvalue weighted by atomic mass is 14.9. The van der Waals surface area contributed by atoms with Crippen molar-refractivity contribution in [2.45, 2.75) is 76.0 Å². The maximum Gasteiger partial charge on any atom is 0.212 e. The Kier molecular flexibility index (Phi) is 17.2. The number of aryl methyl sites for hydroxylation is 16. The summed E-state index contributed by atoms with van der Waals surface area (Å²) in [5, 5.41) is 0. The highest BCUT2D eigenvalue weighted by Gasteiger charge is 2.15. The minimum Gasteiger partial charge on any atom is -0.201 e. The first-order chi connectivity index (χ1) is 38.7. The fraction of sp³-hybridized carbons (Fsp3) is 0.225. The molecule has 5 aromatic heterocycles. The highest BCUT2D eigenvalue weighted by molar-refractivity contribution is 5.64. The minimum absolute atomic E-state index is 0.274. The van der Waals surface area contributed by atoms with E-state index in [1.54, 1.807) is 48.1 Å². The van der Waals surface area contributed by atoms with Crippen LogP contribution in [-0.4, -0.2) is 0 Å². The maximum absolute atomic E-state index is 7.45. The van der Waals surface area contributed by atoms with Crippen molar-refractivity contribution in [1.82, 2.24) is 0 Å². The van der Waals surface area contributed by atoms with Crippen LogP contribution in [0.25, 0.3) is 56.3 Å². The predicted molar refractivity (Wildman–Crippen MR) is 317 cm³/mol. The number of hydrogen-bond acceptors (Lipinski definition) is 0. The molecule has 0 amide bonds.